The van der Waals surface area contributed by atoms with E-state index in [0.717, 1.165) is 22.6 Å². The molecule has 0 fully saturated rings. The predicted octanol–water partition coefficient (Wildman–Crippen LogP) is 4.18. The highest BCUT2D eigenvalue weighted by atomic mass is 16.5. The molecule has 160 valence electrons. The molecule has 31 heavy (non-hydrogen) atoms. The molecule has 0 atom stereocenters. The molecule has 0 radical (unpaired) electrons. The summed E-state index contributed by atoms with van der Waals surface area (Å²) in [6, 6.07) is 22.0. The summed E-state index contributed by atoms with van der Waals surface area (Å²) in [5, 5.41) is 2.67. The Morgan fingerprint density at radius 2 is 1.61 bits per heavy atom. The molecule has 3 aromatic carbocycles. The number of hydrogen-bond acceptors (Lipinski definition) is 4. The van der Waals surface area contributed by atoms with Crippen molar-refractivity contribution in [2.75, 3.05) is 20.7 Å². The summed E-state index contributed by atoms with van der Waals surface area (Å²) in [7, 11) is 3.30. The number of nitrogens with one attached hydrogen (secondary N) is 1. The topological polar surface area (TPSA) is 67.9 Å². The van der Waals surface area contributed by atoms with Crippen LogP contribution in [0.15, 0.2) is 72.8 Å². The van der Waals surface area contributed by atoms with E-state index < -0.39 is 0 Å². The van der Waals surface area contributed by atoms with Crippen molar-refractivity contribution in [3.8, 4) is 17.2 Å². The van der Waals surface area contributed by atoms with Crippen LogP contribution in [0.5, 0.6) is 17.2 Å². The van der Waals surface area contributed by atoms with Crippen LogP contribution in [0.4, 0.5) is 0 Å². The molecule has 3 rings (SSSR count). The van der Waals surface area contributed by atoms with Gasteiger partial charge in [0.2, 0.25) is 5.91 Å². The average Bonchev–Trinajstić information content (AvgIpc) is 2.78. The quantitative estimate of drug-likeness (QED) is 0.596. The smallest absolute Gasteiger partial charge is 0.251 e. The zero-order valence-electron chi connectivity index (χ0n) is 17.9. The fourth-order valence-electron chi connectivity index (χ4n) is 3.07. The number of para-hydroxylation sites is 1. The van der Waals surface area contributed by atoms with E-state index in [2.05, 4.69) is 5.32 Å². The number of rotatable bonds is 8. The average molecular weight is 418 g/mol. The highest BCUT2D eigenvalue weighted by molar-refractivity contribution is 5.96. The Morgan fingerprint density at radius 1 is 0.935 bits per heavy atom. The molecule has 0 aliphatic heterocycles. The molecule has 3 aromatic rings. The van der Waals surface area contributed by atoms with Gasteiger partial charge in [0.05, 0.1) is 13.7 Å². The predicted molar refractivity (Wildman–Crippen MR) is 119 cm³/mol. The van der Waals surface area contributed by atoms with E-state index in [9.17, 15) is 9.59 Å². The Bertz CT molecular complexity index is 1030. The lowest BCUT2D eigenvalue weighted by Gasteiger charge is -2.19. The molecule has 0 saturated carbocycles. The minimum Gasteiger partial charge on any atom is -0.496 e. The molecule has 2 amide bonds. The maximum Gasteiger partial charge on any atom is 0.251 e. The van der Waals surface area contributed by atoms with E-state index in [0.29, 0.717) is 17.9 Å². The Balaban J connectivity index is 1.52. The lowest BCUT2D eigenvalue weighted by molar-refractivity contribution is -0.129. The number of ether oxygens (including phenoxy) is 2. The normalized spacial score (nSPS) is 10.3. The first-order valence-corrected chi connectivity index (χ1v) is 9.95. The number of benzene rings is 3. The molecule has 0 bridgehead atoms. The summed E-state index contributed by atoms with van der Waals surface area (Å²) in [4.78, 5) is 26.4. The molecule has 0 saturated heterocycles. The second kappa shape index (κ2) is 10.3. The van der Waals surface area contributed by atoms with E-state index >= 15 is 0 Å². The molecular formula is C25H26N2O4. The maximum atomic E-state index is 12.5. The third kappa shape index (κ3) is 6.09. The van der Waals surface area contributed by atoms with Crippen LogP contribution >= 0.6 is 0 Å². The Hall–Kier alpha value is -3.80. The Labute approximate surface area is 182 Å². The van der Waals surface area contributed by atoms with Gasteiger partial charge in [-0.25, -0.2) is 0 Å². The summed E-state index contributed by atoms with van der Waals surface area (Å²) in [6.45, 7) is 2.29. The van der Waals surface area contributed by atoms with Gasteiger partial charge in [0.25, 0.3) is 5.91 Å². The molecule has 0 spiro atoms. The maximum absolute atomic E-state index is 12.5. The lowest BCUT2D eigenvalue weighted by Crippen LogP contribution is -2.37. The number of aryl methyl sites for hydroxylation is 1. The van der Waals surface area contributed by atoms with Gasteiger partial charge in [-0.15, -0.1) is 0 Å². The highest BCUT2D eigenvalue weighted by Gasteiger charge is 2.14. The van der Waals surface area contributed by atoms with E-state index in [1.807, 2.05) is 55.5 Å². The molecule has 0 unspecified atom stereocenters. The van der Waals surface area contributed by atoms with Crippen LogP contribution in [0.3, 0.4) is 0 Å². The lowest BCUT2D eigenvalue weighted by atomic mass is 10.1. The first-order chi connectivity index (χ1) is 15.0. The zero-order chi connectivity index (χ0) is 22.2. The van der Waals surface area contributed by atoms with Gasteiger partial charge in [-0.3, -0.25) is 9.59 Å². The number of carbonyl (C=O) groups excluding carboxylic acids is 2. The van der Waals surface area contributed by atoms with Crippen molar-refractivity contribution in [2.45, 2.75) is 13.5 Å². The largest absolute Gasteiger partial charge is 0.496 e. The van der Waals surface area contributed by atoms with Crippen molar-refractivity contribution >= 4 is 11.8 Å². The summed E-state index contributed by atoms with van der Waals surface area (Å²) in [6.07, 6.45) is 0. The fraction of sp³-hybridized carbons (Fsp3) is 0.200. The van der Waals surface area contributed by atoms with Gasteiger partial charge in [0.1, 0.15) is 17.2 Å². The van der Waals surface area contributed by atoms with E-state index in [-0.39, 0.29) is 18.4 Å². The van der Waals surface area contributed by atoms with Crippen molar-refractivity contribution < 1.29 is 19.1 Å². The second-order valence-electron chi connectivity index (χ2n) is 7.19. The molecular weight excluding hydrogens is 392 g/mol. The second-order valence-corrected chi connectivity index (χ2v) is 7.19. The van der Waals surface area contributed by atoms with Gasteiger partial charge in [-0.1, -0.05) is 35.9 Å². The number of carbonyl (C=O) groups is 2. The van der Waals surface area contributed by atoms with Crippen LogP contribution in [0.2, 0.25) is 0 Å². The molecule has 0 aliphatic carbocycles. The zero-order valence-corrected chi connectivity index (χ0v) is 17.9. The third-order valence-electron chi connectivity index (χ3n) is 4.76. The van der Waals surface area contributed by atoms with Crippen molar-refractivity contribution in [3.63, 3.8) is 0 Å². The van der Waals surface area contributed by atoms with Gasteiger partial charge >= 0.3 is 0 Å². The van der Waals surface area contributed by atoms with Crippen LogP contribution in [0.1, 0.15) is 21.5 Å². The van der Waals surface area contributed by atoms with Crippen LogP contribution in [0, 0.1) is 6.92 Å². The number of nitrogens with zero attached hydrogens (tertiary/aromatic N) is 1. The van der Waals surface area contributed by atoms with Crippen molar-refractivity contribution in [1.29, 1.82) is 0 Å². The monoisotopic (exact) mass is 418 g/mol. The molecule has 6 heteroatoms. The molecule has 0 heterocycles. The van der Waals surface area contributed by atoms with E-state index in [1.54, 1.807) is 43.3 Å². The van der Waals surface area contributed by atoms with Crippen molar-refractivity contribution in [3.05, 3.63) is 89.5 Å². The van der Waals surface area contributed by atoms with Crippen LogP contribution in [0.25, 0.3) is 0 Å². The summed E-state index contributed by atoms with van der Waals surface area (Å²) in [5.41, 5.74) is 2.46. The highest BCUT2D eigenvalue weighted by Crippen LogP contribution is 2.22. The summed E-state index contributed by atoms with van der Waals surface area (Å²) < 4.78 is 11.1. The van der Waals surface area contributed by atoms with Crippen LogP contribution in [-0.2, 0) is 11.3 Å². The first kappa shape index (κ1) is 21.9. The van der Waals surface area contributed by atoms with Gasteiger partial charge in [0, 0.05) is 24.7 Å². The minimum absolute atomic E-state index is 0.0915. The fourth-order valence-corrected chi connectivity index (χ4v) is 3.07. The first-order valence-electron chi connectivity index (χ1n) is 9.95. The molecule has 0 aromatic heterocycles. The van der Waals surface area contributed by atoms with Crippen LogP contribution < -0.4 is 14.8 Å². The SMILES string of the molecule is COc1ccc(C)cc1CN(C)C(=O)CNC(=O)c1ccc(Oc2ccccc2)cc1. The Kier molecular flexibility index (Phi) is 7.27. The van der Waals surface area contributed by atoms with E-state index in [1.165, 1.54) is 0 Å². The number of hydrogen-bond donors (Lipinski definition) is 1. The Morgan fingerprint density at radius 3 is 2.29 bits per heavy atom. The van der Waals surface area contributed by atoms with Gasteiger partial charge < -0.3 is 19.7 Å². The minimum atomic E-state index is -0.318. The summed E-state index contributed by atoms with van der Waals surface area (Å²) in [5.74, 6) is 1.57. The molecule has 6 nitrogen and oxygen atoms in total. The van der Waals surface area contributed by atoms with Gasteiger partial charge in [-0.2, -0.15) is 0 Å². The number of methoxy groups -OCH3 is 1. The third-order valence-corrected chi connectivity index (χ3v) is 4.76. The van der Waals surface area contributed by atoms with Crippen molar-refractivity contribution in [2.24, 2.45) is 0 Å². The van der Waals surface area contributed by atoms with Gasteiger partial charge in [-0.05, 0) is 49.4 Å². The van der Waals surface area contributed by atoms with E-state index in [4.69, 9.17) is 9.47 Å². The van der Waals surface area contributed by atoms with Gasteiger partial charge in [0.15, 0.2) is 0 Å². The molecule has 1 N–H and O–H groups in total. The standard InChI is InChI=1S/C25H26N2O4/c1-18-9-14-23(30-3)20(15-18)17-27(2)24(28)16-26-25(29)19-10-12-22(13-11-19)31-21-7-5-4-6-8-21/h4-15H,16-17H2,1-3H3,(H,26,29). The number of likely N-dealkylation sites (N-methyl/N-ethyl adjacent to an activating group) is 1. The molecule has 0 aliphatic rings. The van der Waals surface area contributed by atoms with Crippen molar-refractivity contribution in [1.82, 2.24) is 10.2 Å². The van der Waals surface area contributed by atoms with Crippen LogP contribution in [-0.4, -0.2) is 37.4 Å². The number of amides is 2. The summed E-state index contributed by atoms with van der Waals surface area (Å²) >= 11 is 0.